The van der Waals surface area contributed by atoms with Crippen LogP contribution in [0.2, 0.25) is 0 Å². The lowest BCUT2D eigenvalue weighted by molar-refractivity contribution is 0.452. The van der Waals surface area contributed by atoms with Crippen molar-refractivity contribution in [3.05, 3.63) is 57.6 Å². The third-order valence-electron chi connectivity index (χ3n) is 2.72. The van der Waals surface area contributed by atoms with Gasteiger partial charge in [-0.05, 0) is 52.8 Å². The van der Waals surface area contributed by atoms with Gasteiger partial charge in [0.25, 0.3) is 0 Å². The standard InChI is InChI=1S/C14H9BrF4N2S/c1-6-3-2-4-7(5-6)20-14(22)21-13-11(18)9(16)8(15)10(17)12(13)19/h2-5H,1H3,(H2,20,21,22). The van der Waals surface area contributed by atoms with E-state index in [0.717, 1.165) is 5.56 Å². The number of benzene rings is 2. The molecule has 0 bridgehead atoms. The van der Waals surface area contributed by atoms with Crippen LogP contribution < -0.4 is 10.6 Å². The first-order valence-corrected chi connectivity index (χ1v) is 7.17. The molecule has 2 aromatic rings. The number of hydrogen-bond acceptors (Lipinski definition) is 1. The third kappa shape index (κ3) is 3.38. The molecule has 2 aromatic carbocycles. The molecule has 0 spiro atoms. The van der Waals surface area contributed by atoms with E-state index in [4.69, 9.17) is 12.2 Å². The average molecular weight is 393 g/mol. The van der Waals surface area contributed by atoms with Crippen LogP contribution in [0.25, 0.3) is 0 Å². The van der Waals surface area contributed by atoms with Crippen molar-refractivity contribution in [2.45, 2.75) is 6.92 Å². The van der Waals surface area contributed by atoms with Crippen molar-refractivity contribution >= 4 is 44.6 Å². The average Bonchev–Trinajstić information content (AvgIpc) is 2.47. The van der Waals surface area contributed by atoms with Crippen LogP contribution in [0, 0.1) is 30.2 Å². The Bertz CT molecular complexity index is 723. The van der Waals surface area contributed by atoms with Gasteiger partial charge >= 0.3 is 0 Å². The third-order valence-corrected chi connectivity index (χ3v) is 3.62. The maximum atomic E-state index is 13.7. The molecule has 0 amide bonds. The molecule has 0 aliphatic carbocycles. The number of halogens is 5. The molecule has 0 radical (unpaired) electrons. The Morgan fingerprint density at radius 1 is 1.00 bits per heavy atom. The Kier molecular flexibility index (Phi) is 5.02. The van der Waals surface area contributed by atoms with E-state index in [0.29, 0.717) is 5.69 Å². The Morgan fingerprint density at radius 2 is 1.59 bits per heavy atom. The molecule has 0 saturated heterocycles. The molecular weight excluding hydrogens is 384 g/mol. The number of anilines is 2. The molecule has 8 heteroatoms. The van der Waals surface area contributed by atoms with E-state index in [1.165, 1.54) is 0 Å². The fraction of sp³-hybridized carbons (Fsp3) is 0.0714. The van der Waals surface area contributed by atoms with E-state index in [-0.39, 0.29) is 5.11 Å². The van der Waals surface area contributed by atoms with Crippen molar-refractivity contribution < 1.29 is 17.6 Å². The number of rotatable bonds is 2. The summed E-state index contributed by atoms with van der Waals surface area (Å²) in [6.07, 6.45) is 0. The molecule has 0 aromatic heterocycles. The van der Waals surface area contributed by atoms with Crippen LogP contribution in [0.3, 0.4) is 0 Å². The van der Waals surface area contributed by atoms with Crippen LogP contribution in [-0.4, -0.2) is 5.11 Å². The van der Waals surface area contributed by atoms with Gasteiger partial charge in [-0.3, -0.25) is 0 Å². The van der Waals surface area contributed by atoms with E-state index >= 15 is 0 Å². The van der Waals surface area contributed by atoms with Crippen molar-refractivity contribution in [2.75, 3.05) is 10.6 Å². The SMILES string of the molecule is Cc1cccc(NC(=S)Nc2c(F)c(F)c(Br)c(F)c2F)c1. The van der Waals surface area contributed by atoms with Gasteiger partial charge in [0.1, 0.15) is 5.69 Å². The van der Waals surface area contributed by atoms with Gasteiger partial charge < -0.3 is 10.6 Å². The van der Waals surface area contributed by atoms with E-state index in [1.807, 2.05) is 13.0 Å². The first-order valence-electron chi connectivity index (χ1n) is 5.97. The number of nitrogens with one attached hydrogen (secondary N) is 2. The number of hydrogen-bond donors (Lipinski definition) is 2. The zero-order chi connectivity index (χ0) is 16.4. The van der Waals surface area contributed by atoms with Crippen LogP contribution in [-0.2, 0) is 0 Å². The van der Waals surface area contributed by atoms with Crippen LogP contribution in [0.1, 0.15) is 5.56 Å². The van der Waals surface area contributed by atoms with Gasteiger partial charge in [0.15, 0.2) is 28.4 Å². The second-order valence-corrected chi connectivity index (χ2v) is 5.59. The van der Waals surface area contributed by atoms with E-state index < -0.39 is 33.4 Å². The molecule has 0 saturated carbocycles. The highest BCUT2D eigenvalue weighted by Gasteiger charge is 2.24. The largest absolute Gasteiger partial charge is 0.332 e. The van der Waals surface area contributed by atoms with Gasteiger partial charge in [-0.2, -0.15) is 0 Å². The maximum absolute atomic E-state index is 13.7. The smallest absolute Gasteiger partial charge is 0.186 e. The van der Waals surface area contributed by atoms with Crippen molar-refractivity contribution in [1.82, 2.24) is 0 Å². The Balaban J connectivity index is 2.26. The molecule has 0 fully saturated rings. The van der Waals surface area contributed by atoms with Crippen LogP contribution >= 0.6 is 28.1 Å². The summed E-state index contributed by atoms with van der Waals surface area (Å²) in [5.74, 6) is -6.22. The quantitative estimate of drug-likeness (QED) is 0.321. The maximum Gasteiger partial charge on any atom is 0.186 e. The van der Waals surface area contributed by atoms with E-state index in [1.54, 1.807) is 18.2 Å². The summed E-state index contributed by atoms with van der Waals surface area (Å²) >= 11 is 7.32. The fourth-order valence-corrected chi connectivity index (χ4v) is 2.28. The van der Waals surface area contributed by atoms with Crippen molar-refractivity contribution in [2.24, 2.45) is 0 Å². The summed E-state index contributed by atoms with van der Waals surface area (Å²) in [6, 6.07) is 7.01. The summed E-state index contributed by atoms with van der Waals surface area (Å²) < 4.78 is 53.4. The fourth-order valence-electron chi connectivity index (χ4n) is 1.71. The first-order chi connectivity index (χ1) is 10.3. The highest BCUT2D eigenvalue weighted by Crippen LogP contribution is 2.31. The minimum Gasteiger partial charge on any atom is -0.332 e. The zero-order valence-corrected chi connectivity index (χ0v) is 13.5. The highest BCUT2D eigenvalue weighted by molar-refractivity contribution is 9.10. The highest BCUT2D eigenvalue weighted by atomic mass is 79.9. The van der Waals surface area contributed by atoms with Gasteiger partial charge in [0, 0.05) is 5.69 Å². The minimum absolute atomic E-state index is 0.204. The van der Waals surface area contributed by atoms with Crippen LogP contribution in [0.15, 0.2) is 28.7 Å². The molecule has 116 valence electrons. The molecule has 22 heavy (non-hydrogen) atoms. The molecule has 0 unspecified atom stereocenters. The number of aryl methyl sites for hydroxylation is 1. The van der Waals surface area contributed by atoms with Gasteiger partial charge in [0.2, 0.25) is 0 Å². The summed E-state index contributed by atoms with van der Waals surface area (Å²) in [5, 5.41) is 4.59. The van der Waals surface area contributed by atoms with Crippen molar-refractivity contribution in [3.8, 4) is 0 Å². The molecule has 2 nitrogen and oxygen atoms in total. The van der Waals surface area contributed by atoms with Gasteiger partial charge in [-0.25, -0.2) is 17.6 Å². The summed E-state index contributed by atoms with van der Waals surface area (Å²) in [6.45, 7) is 1.85. The molecule has 0 aliphatic heterocycles. The monoisotopic (exact) mass is 392 g/mol. The van der Waals surface area contributed by atoms with E-state index in [2.05, 4.69) is 26.6 Å². The summed E-state index contributed by atoms with van der Waals surface area (Å²) in [4.78, 5) is 0. The van der Waals surface area contributed by atoms with E-state index in [9.17, 15) is 17.6 Å². The molecule has 0 heterocycles. The summed E-state index contributed by atoms with van der Waals surface area (Å²) in [5.41, 5.74) is 0.505. The molecule has 2 N–H and O–H groups in total. The Labute approximate surface area is 137 Å². The second kappa shape index (κ2) is 6.62. The lowest BCUT2D eigenvalue weighted by atomic mass is 10.2. The zero-order valence-electron chi connectivity index (χ0n) is 11.1. The normalized spacial score (nSPS) is 10.5. The molecule has 0 atom stereocenters. The first kappa shape index (κ1) is 16.7. The van der Waals surface area contributed by atoms with Gasteiger partial charge in [0.05, 0.1) is 4.47 Å². The minimum atomic E-state index is -1.57. The predicted octanol–water partition coefficient (Wildman–Crippen LogP) is 5.12. The topological polar surface area (TPSA) is 24.1 Å². The molecular formula is C14H9BrF4N2S. The second-order valence-electron chi connectivity index (χ2n) is 4.39. The molecule has 2 rings (SSSR count). The van der Waals surface area contributed by atoms with Crippen molar-refractivity contribution in [3.63, 3.8) is 0 Å². The lowest BCUT2D eigenvalue weighted by Gasteiger charge is -2.13. The Morgan fingerprint density at radius 3 is 2.14 bits per heavy atom. The Hall–Kier alpha value is -1.67. The lowest BCUT2D eigenvalue weighted by Crippen LogP contribution is -2.21. The summed E-state index contributed by atoms with van der Waals surface area (Å²) in [7, 11) is 0. The number of thiocarbonyl (C=S) groups is 1. The van der Waals surface area contributed by atoms with Crippen molar-refractivity contribution in [1.29, 1.82) is 0 Å². The van der Waals surface area contributed by atoms with Crippen LogP contribution in [0.5, 0.6) is 0 Å². The predicted molar refractivity (Wildman–Crippen MR) is 85.0 cm³/mol. The van der Waals surface area contributed by atoms with Crippen LogP contribution in [0.4, 0.5) is 28.9 Å². The molecule has 0 aliphatic rings. The van der Waals surface area contributed by atoms with Gasteiger partial charge in [-0.15, -0.1) is 0 Å². The van der Waals surface area contributed by atoms with Gasteiger partial charge in [-0.1, -0.05) is 12.1 Å².